The molecule has 1 aromatic heterocycles. The van der Waals surface area contributed by atoms with Crippen LogP contribution in [0, 0.1) is 5.92 Å². The zero-order valence-corrected chi connectivity index (χ0v) is 38.1. The number of ether oxygens (including phenoxy) is 5. The van der Waals surface area contributed by atoms with Gasteiger partial charge in [-0.05, 0) is 25.8 Å². The van der Waals surface area contributed by atoms with Gasteiger partial charge in [-0.15, -0.1) is 0 Å². The Morgan fingerprint density at radius 1 is 0.848 bits per heavy atom. The summed E-state index contributed by atoms with van der Waals surface area (Å²) in [6.07, 6.45) is -7.36. The summed E-state index contributed by atoms with van der Waals surface area (Å²) in [5.74, 6) is -5.91. The molecule has 0 saturated carbocycles. The predicted octanol–water partition coefficient (Wildman–Crippen LogP) is -0.802. The minimum Gasteiger partial charge on any atom is -0.481 e. The summed E-state index contributed by atoms with van der Waals surface area (Å²) in [6, 6.07) is -2.56. The van der Waals surface area contributed by atoms with E-state index in [9.17, 15) is 64.2 Å². The fraction of sp³-hybridized carbons (Fsp3) is 0.791. The van der Waals surface area contributed by atoms with E-state index in [1.807, 2.05) is 4.98 Å². The first-order valence-corrected chi connectivity index (χ1v) is 22.8. The number of nitrogens with zero attached hydrogens (tertiary/aromatic N) is 3. The number of aromatic nitrogens is 2. The van der Waals surface area contributed by atoms with Crippen molar-refractivity contribution in [1.82, 2.24) is 19.4 Å². The van der Waals surface area contributed by atoms with E-state index in [1.54, 1.807) is 6.92 Å². The third-order valence-corrected chi connectivity index (χ3v) is 12.3. The van der Waals surface area contributed by atoms with Gasteiger partial charge in [-0.3, -0.25) is 38.4 Å². The molecule has 0 aliphatic carbocycles. The van der Waals surface area contributed by atoms with E-state index in [4.69, 9.17) is 29.4 Å². The summed E-state index contributed by atoms with van der Waals surface area (Å²) in [4.78, 5) is 94.0. The first-order valence-electron chi connectivity index (χ1n) is 22.8. The zero-order chi connectivity index (χ0) is 48.8. The fourth-order valence-electron chi connectivity index (χ4n) is 8.78. The molecule has 3 fully saturated rings. The maximum atomic E-state index is 14.5. The predicted molar refractivity (Wildman–Crippen MR) is 229 cm³/mol. The van der Waals surface area contributed by atoms with E-state index >= 15 is 0 Å². The SMILES string of the molecule is CCCCCCCCCCCCC(CC(=O)OC1CN(C)C(C(O[C@@H]2O[C@H](CN)[C@@H](O)[C@H]2O)[C@H]2O[C@@H](n3ccc(=O)[nH]c3=O)[C@H](O)[C@@H]2O)C(=O)N(C)C1C(=O)O)OC(=O)CC(C)CC(=O)O. The molecular formula is C43H69N5O18. The normalized spacial score (nSPS) is 29.6. The molecule has 374 valence electrons. The van der Waals surface area contributed by atoms with Gasteiger partial charge in [-0.25, -0.2) is 9.59 Å². The summed E-state index contributed by atoms with van der Waals surface area (Å²) in [5.41, 5.74) is 3.91. The average molecular weight is 944 g/mol. The van der Waals surface area contributed by atoms with Gasteiger partial charge in [-0.2, -0.15) is 0 Å². The second-order valence-electron chi connectivity index (χ2n) is 17.7. The second-order valence-corrected chi connectivity index (χ2v) is 17.7. The Balaban J connectivity index is 1.58. The van der Waals surface area contributed by atoms with E-state index in [1.165, 1.54) is 31.2 Å². The molecule has 1 aromatic rings. The van der Waals surface area contributed by atoms with E-state index < -0.39 is 139 Å². The van der Waals surface area contributed by atoms with Crippen LogP contribution in [0.4, 0.5) is 0 Å². The molecular weight excluding hydrogens is 874 g/mol. The van der Waals surface area contributed by atoms with Crippen LogP contribution in [0.15, 0.2) is 21.9 Å². The van der Waals surface area contributed by atoms with Gasteiger partial charge in [0.05, 0.1) is 6.42 Å². The molecule has 23 nitrogen and oxygen atoms in total. The van der Waals surface area contributed by atoms with Crippen molar-refractivity contribution in [3.05, 3.63) is 33.1 Å². The Bertz CT molecular complexity index is 1880. The van der Waals surface area contributed by atoms with Crippen molar-refractivity contribution in [3.8, 4) is 0 Å². The lowest BCUT2D eigenvalue weighted by atomic mass is 9.97. The number of carboxylic acids is 2. The van der Waals surface area contributed by atoms with Gasteiger partial charge in [0.2, 0.25) is 5.91 Å². The number of aromatic amines is 1. The van der Waals surface area contributed by atoms with Crippen LogP contribution in [0.3, 0.4) is 0 Å². The monoisotopic (exact) mass is 943 g/mol. The molecule has 0 spiro atoms. The number of likely N-dealkylation sites (N-methyl/N-ethyl adjacent to an activating group) is 2. The number of esters is 2. The highest BCUT2D eigenvalue weighted by molar-refractivity contribution is 5.88. The number of H-pyrrole nitrogens is 1. The minimum absolute atomic E-state index is 0.227. The molecule has 1 amide bonds. The van der Waals surface area contributed by atoms with Crippen LogP contribution in [0.25, 0.3) is 0 Å². The molecule has 9 N–H and O–H groups in total. The summed E-state index contributed by atoms with van der Waals surface area (Å²) in [6.45, 7) is 2.97. The van der Waals surface area contributed by atoms with E-state index in [2.05, 4.69) is 6.92 Å². The van der Waals surface area contributed by atoms with Crippen molar-refractivity contribution >= 4 is 29.8 Å². The summed E-state index contributed by atoms with van der Waals surface area (Å²) in [5, 5.41) is 63.8. The van der Waals surface area contributed by atoms with Crippen molar-refractivity contribution in [3.63, 3.8) is 0 Å². The number of aliphatic hydroxyl groups excluding tert-OH is 4. The van der Waals surface area contributed by atoms with Crippen LogP contribution in [0.5, 0.6) is 0 Å². The van der Waals surface area contributed by atoms with Gasteiger partial charge >= 0.3 is 29.6 Å². The van der Waals surface area contributed by atoms with Gasteiger partial charge in [0, 0.05) is 45.2 Å². The van der Waals surface area contributed by atoms with Crippen LogP contribution >= 0.6 is 0 Å². The van der Waals surface area contributed by atoms with Gasteiger partial charge in [0.1, 0.15) is 61.0 Å². The number of unbranched alkanes of at least 4 members (excludes halogenated alkanes) is 9. The number of hydrogen-bond donors (Lipinski definition) is 8. The number of carbonyl (C=O) groups excluding carboxylic acids is 3. The zero-order valence-electron chi connectivity index (χ0n) is 38.1. The first kappa shape index (κ1) is 54.3. The minimum atomic E-state index is -1.95. The molecule has 0 bridgehead atoms. The van der Waals surface area contributed by atoms with Crippen molar-refractivity contribution in [2.45, 2.75) is 183 Å². The molecule has 6 unspecified atom stereocenters. The molecule has 3 aliphatic rings. The van der Waals surface area contributed by atoms with Crippen LogP contribution in [0.1, 0.15) is 110 Å². The molecule has 4 heterocycles. The maximum absolute atomic E-state index is 14.5. The van der Waals surface area contributed by atoms with Crippen LogP contribution < -0.4 is 17.0 Å². The smallest absolute Gasteiger partial charge is 0.330 e. The lowest BCUT2D eigenvalue weighted by Gasteiger charge is -2.38. The number of rotatable bonds is 26. The third-order valence-electron chi connectivity index (χ3n) is 12.3. The Morgan fingerprint density at radius 3 is 2.06 bits per heavy atom. The number of hydrogen-bond acceptors (Lipinski definition) is 18. The standard InChI is InChI=1S/C43H69N5O18/c1-5-6-7-8-9-10-11-12-13-14-15-24(62-29(52)19-23(2)18-28(50)51)20-30(53)63-26-22-46(3)32(39(58)47(4)31(26)41(59)60)37(66-42-36(57)33(54)25(21-44)64-42)38-34(55)35(56)40(65-38)48-17-16-27(49)45-43(48)61/h16-17,23-26,31-38,40,42,54-57H,5-15,18-22,44H2,1-4H3,(H,50,51)(H,59,60)(H,45,49,61)/t23?,24?,25-,26?,31?,32?,33-,34+,35-,36-,37?,38+,40-,42+/m1/s1. The topological polar surface area (TPSA) is 340 Å². The van der Waals surface area contributed by atoms with E-state index in [-0.39, 0.29) is 25.8 Å². The van der Waals surface area contributed by atoms with Gasteiger partial charge in [-0.1, -0.05) is 71.6 Å². The maximum Gasteiger partial charge on any atom is 0.330 e. The molecule has 0 aromatic carbocycles. The summed E-state index contributed by atoms with van der Waals surface area (Å²) < 4.78 is 30.0. The Labute approximate surface area is 382 Å². The highest BCUT2D eigenvalue weighted by Gasteiger charge is 2.57. The van der Waals surface area contributed by atoms with Crippen molar-refractivity contribution in [1.29, 1.82) is 0 Å². The Morgan fingerprint density at radius 2 is 1.48 bits per heavy atom. The number of carboxylic acid groups (broad SMARTS) is 2. The number of aliphatic carboxylic acids is 2. The molecule has 3 saturated heterocycles. The Hall–Kier alpha value is -4.33. The highest BCUT2D eigenvalue weighted by Crippen LogP contribution is 2.36. The molecule has 0 radical (unpaired) electrons. The second kappa shape index (κ2) is 25.7. The lowest BCUT2D eigenvalue weighted by Crippen LogP contribution is -2.59. The Kier molecular flexibility index (Phi) is 21.1. The largest absolute Gasteiger partial charge is 0.481 e. The first-order chi connectivity index (χ1) is 31.3. The van der Waals surface area contributed by atoms with Gasteiger partial charge in [0.15, 0.2) is 18.6 Å². The van der Waals surface area contributed by atoms with E-state index in [0.29, 0.717) is 6.42 Å². The van der Waals surface area contributed by atoms with Crippen molar-refractivity contribution in [2.75, 3.05) is 27.2 Å². The quantitative estimate of drug-likeness (QED) is 0.0416. The summed E-state index contributed by atoms with van der Waals surface area (Å²) >= 11 is 0. The average Bonchev–Trinajstić information content (AvgIpc) is 3.65. The van der Waals surface area contributed by atoms with Gasteiger partial charge < -0.3 is 65.0 Å². The molecule has 4 rings (SSSR count). The number of carbonyl (C=O) groups is 5. The van der Waals surface area contributed by atoms with Crippen LogP contribution in [-0.2, 0) is 47.7 Å². The van der Waals surface area contributed by atoms with E-state index in [0.717, 1.165) is 67.3 Å². The number of nitrogens with two attached hydrogens (primary N) is 1. The number of nitrogens with one attached hydrogen (secondary N) is 1. The van der Waals surface area contributed by atoms with Crippen molar-refractivity contribution in [2.24, 2.45) is 11.7 Å². The number of amides is 1. The third kappa shape index (κ3) is 14.6. The fourth-order valence-corrected chi connectivity index (χ4v) is 8.78. The molecule has 23 heteroatoms. The number of aliphatic hydroxyl groups is 4. The molecule has 66 heavy (non-hydrogen) atoms. The van der Waals surface area contributed by atoms with Crippen LogP contribution in [0.2, 0.25) is 0 Å². The van der Waals surface area contributed by atoms with Crippen LogP contribution in [-0.4, -0.2) is 180 Å². The van der Waals surface area contributed by atoms with Gasteiger partial charge in [0.25, 0.3) is 5.56 Å². The molecule has 3 aliphatic heterocycles. The highest BCUT2D eigenvalue weighted by atomic mass is 16.7. The summed E-state index contributed by atoms with van der Waals surface area (Å²) in [7, 11) is 2.47. The molecule has 14 atom stereocenters. The van der Waals surface area contributed by atoms with Crippen molar-refractivity contribution < 1.29 is 78.3 Å². The lowest BCUT2D eigenvalue weighted by molar-refractivity contribution is -0.233.